The number of hydrogen-bond donors (Lipinski definition) is 2. The number of aliphatic hydroxyl groups is 1. The number of nitrogens with two attached hydrogens (primary N) is 1. The summed E-state index contributed by atoms with van der Waals surface area (Å²) in [7, 11) is 0. The highest BCUT2D eigenvalue weighted by molar-refractivity contribution is 6.19. The van der Waals surface area contributed by atoms with Gasteiger partial charge in [0.15, 0.2) is 0 Å². The van der Waals surface area contributed by atoms with Gasteiger partial charge in [-0.2, -0.15) is 0 Å². The second kappa shape index (κ2) is 7.07. The molecule has 5 heteroatoms. The molecule has 0 saturated heterocycles. The van der Waals surface area contributed by atoms with Gasteiger partial charge in [-0.05, 0) is 26.3 Å². The summed E-state index contributed by atoms with van der Waals surface area (Å²) in [5.74, 6) is -1.14. The minimum absolute atomic E-state index is 0.0481. The minimum atomic E-state index is -1.14. The van der Waals surface area contributed by atoms with Crippen molar-refractivity contribution in [2.24, 2.45) is 11.7 Å². The number of halogens is 1. The van der Waals surface area contributed by atoms with Gasteiger partial charge in [0.25, 0.3) is 0 Å². The van der Waals surface area contributed by atoms with E-state index in [2.05, 4.69) is 0 Å². The quantitative estimate of drug-likeness (QED) is 0.647. The zero-order chi connectivity index (χ0) is 15.3. The van der Waals surface area contributed by atoms with Gasteiger partial charge in [-0.25, -0.2) is 0 Å². The van der Waals surface area contributed by atoms with E-state index in [1.54, 1.807) is 20.8 Å². The highest BCUT2D eigenvalue weighted by atomic mass is 35.5. The SMILES string of the molecule is CC(C)(C)OC(=O)C(CC(O)Cl)C(N)c1ccccc1. The molecule has 112 valence electrons. The minimum Gasteiger partial charge on any atom is -0.460 e. The van der Waals surface area contributed by atoms with Gasteiger partial charge in [0.05, 0.1) is 5.92 Å². The molecule has 20 heavy (non-hydrogen) atoms. The van der Waals surface area contributed by atoms with Crippen LogP contribution in [0.1, 0.15) is 38.8 Å². The van der Waals surface area contributed by atoms with Gasteiger partial charge < -0.3 is 15.6 Å². The second-order valence-corrected chi connectivity index (χ2v) is 6.25. The number of alkyl halides is 1. The van der Waals surface area contributed by atoms with E-state index in [9.17, 15) is 9.90 Å². The monoisotopic (exact) mass is 299 g/mol. The molecule has 0 amide bonds. The molecule has 0 aliphatic heterocycles. The predicted molar refractivity (Wildman–Crippen MR) is 79.2 cm³/mol. The first-order valence-corrected chi connectivity index (χ1v) is 7.00. The van der Waals surface area contributed by atoms with E-state index in [1.165, 1.54) is 0 Å². The number of carbonyl (C=O) groups excluding carboxylic acids is 1. The summed E-state index contributed by atoms with van der Waals surface area (Å²) < 4.78 is 5.35. The summed E-state index contributed by atoms with van der Waals surface area (Å²) in [6.45, 7) is 5.35. The van der Waals surface area contributed by atoms with Crippen LogP contribution in [0.5, 0.6) is 0 Å². The van der Waals surface area contributed by atoms with Gasteiger partial charge in [-0.3, -0.25) is 4.79 Å². The molecule has 0 aliphatic rings. The van der Waals surface area contributed by atoms with E-state index in [0.717, 1.165) is 5.56 Å². The fourth-order valence-corrected chi connectivity index (χ4v) is 2.08. The fourth-order valence-electron chi connectivity index (χ4n) is 1.88. The lowest BCUT2D eigenvalue weighted by Gasteiger charge is -2.27. The summed E-state index contributed by atoms with van der Waals surface area (Å²) in [5.41, 5.74) is 5.20. The van der Waals surface area contributed by atoms with Crippen molar-refractivity contribution in [3.05, 3.63) is 35.9 Å². The van der Waals surface area contributed by atoms with Gasteiger partial charge in [-0.1, -0.05) is 41.9 Å². The van der Waals surface area contributed by atoms with Crippen molar-refractivity contribution in [1.82, 2.24) is 0 Å². The topological polar surface area (TPSA) is 72.5 Å². The third-order valence-corrected chi connectivity index (χ3v) is 2.95. The van der Waals surface area contributed by atoms with E-state index < -0.39 is 29.1 Å². The van der Waals surface area contributed by atoms with Crippen LogP contribution in [-0.2, 0) is 9.53 Å². The average Bonchev–Trinajstić information content (AvgIpc) is 2.34. The average molecular weight is 300 g/mol. The van der Waals surface area contributed by atoms with Crippen LogP contribution in [0.3, 0.4) is 0 Å². The molecule has 1 aromatic carbocycles. The largest absolute Gasteiger partial charge is 0.460 e. The standard InChI is InChI=1S/C15H22ClNO3/c1-15(2,3)20-14(19)11(9-12(16)18)13(17)10-7-5-4-6-8-10/h4-8,11-13,18H,9,17H2,1-3H3. The first-order chi connectivity index (χ1) is 9.20. The molecule has 0 spiro atoms. The normalized spacial score (nSPS) is 16.3. The van der Waals surface area contributed by atoms with Crippen LogP contribution >= 0.6 is 11.6 Å². The van der Waals surface area contributed by atoms with Gasteiger partial charge in [0, 0.05) is 12.5 Å². The number of hydrogen-bond acceptors (Lipinski definition) is 4. The lowest BCUT2D eigenvalue weighted by Crippen LogP contribution is -2.36. The zero-order valence-electron chi connectivity index (χ0n) is 12.0. The lowest BCUT2D eigenvalue weighted by molar-refractivity contribution is -0.161. The highest BCUT2D eigenvalue weighted by Gasteiger charge is 2.32. The Morgan fingerprint density at radius 2 is 1.90 bits per heavy atom. The van der Waals surface area contributed by atoms with E-state index >= 15 is 0 Å². The van der Waals surface area contributed by atoms with Crippen LogP contribution in [0.2, 0.25) is 0 Å². The number of carbonyl (C=O) groups is 1. The van der Waals surface area contributed by atoms with E-state index in [4.69, 9.17) is 22.1 Å². The first-order valence-electron chi connectivity index (χ1n) is 6.56. The van der Waals surface area contributed by atoms with Gasteiger partial charge in [0.1, 0.15) is 11.2 Å². The maximum atomic E-state index is 12.2. The molecule has 3 unspecified atom stereocenters. The van der Waals surface area contributed by atoms with Gasteiger partial charge in [0.2, 0.25) is 0 Å². The summed E-state index contributed by atoms with van der Waals surface area (Å²) in [4.78, 5) is 12.2. The smallest absolute Gasteiger partial charge is 0.311 e. The van der Waals surface area contributed by atoms with Crippen LogP contribution in [0, 0.1) is 5.92 Å². The molecule has 0 aromatic heterocycles. The van der Waals surface area contributed by atoms with Crippen molar-refractivity contribution in [1.29, 1.82) is 0 Å². The Kier molecular flexibility index (Phi) is 5.99. The van der Waals surface area contributed by atoms with E-state index in [0.29, 0.717) is 0 Å². The lowest BCUT2D eigenvalue weighted by atomic mass is 9.91. The second-order valence-electron chi connectivity index (χ2n) is 5.75. The molecule has 0 heterocycles. The maximum Gasteiger partial charge on any atom is 0.311 e. The number of benzene rings is 1. The summed E-state index contributed by atoms with van der Waals surface area (Å²) in [6.07, 6.45) is 0.0481. The van der Waals surface area contributed by atoms with Crippen molar-refractivity contribution in [2.75, 3.05) is 0 Å². The van der Waals surface area contributed by atoms with Crippen molar-refractivity contribution < 1.29 is 14.6 Å². The van der Waals surface area contributed by atoms with Crippen LogP contribution < -0.4 is 5.73 Å². The van der Waals surface area contributed by atoms with Crippen molar-refractivity contribution >= 4 is 17.6 Å². The highest BCUT2D eigenvalue weighted by Crippen LogP contribution is 2.27. The molecule has 0 radical (unpaired) electrons. The molecular weight excluding hydrogens is 278 g/mol. The summed E-state index contributed by atoms with van der Waals surface area (Å²) in [5, 5.41) is 9.37. The third kappa shape index (κ3) is 5.49. The Hall–Kier alpha value is -1.10. The van der Waals surface area contributed by atoms with Crippen LogP contribution in [0.4, 0.5) is 0 Å². The number of ether oxygens (including phenoxy) is 1. The van der Waals surface area contributed by atoms with Crippen LogP contribution in [-0.4, -0.2) is 22.2 Å². The molecule has 3 N–H and O–H groups in total. The Morgan fingerprint density at radius 1 is 1.35 bits per heavy atom. The van der Waals surface area contributed by atoms with E-state index in [-0.39, 0.29) is 6.42 Å². The van der Waals surface area contributed by atoms with Crippen molar-refractivity contribution in [3.8, 4) is 0 Å². The van der Waals surface area contributed by atoms with Gasteiger partial charge in [-0.15, -0.1) is 0 Å². The summed E-state index contributed by atoms with van der Waals surface area (Å²) in [6, 6.07) is 8.66. The molecule has 4 nitrogen and oxygen atoms in total. The fraction of sp³-hybridized carbons (Fsp3) is 0.533. The van der Waals surface area contributed by atoms with Crippen LogP contribution in [0.15, 0.2) is 30.3 Å². The maximum absolute atomic E-state index is 12.2. The molecule has 0 bridgehead atoms. The van der Waals surface area contributed by atoms with Gasteiger partial charge >= 0.3 is 5.97 Å². The Balaban J connectivity index is 2.91. The van der Waals surface area contributed by atoms with Crippen LogP contribution in [0.25, 0.3) is 0 Å². The molecule has 0 aliphatic carbocycles. The number of esters is 1. The summed E-state index contributed by atoms with van der Waals surface area (Å²) >= 11 is 5.61. The molecule has 0 fully saturated rings. The van der Waals surface area contributed by atoms with Crippen molar-refractivity contribution in [3.63, 3.8) is 0 Å². The Morgan fingerprint density at radius 3 is 2.35 bits per heavy atom. The predicted octanol–water partition coefficient (Wildman–Crippen LogP) is 2.59. The number of aliphatic hydroxyl groups excluding tert-OH is 1. The molecule has 1 rings (SSSR count). The zero-order valence-corrected chi connectivity index (χ0v) is 12.8. The molecule has 1 aromatic rings. The molecule has 3 atom stereocenters. The van der Waals surface area contributed by atoms with E-state index in [1.807, 2.05) is 30.3 Å². The third-order valence-electron chi connectivity index (χ3n) is 2.78. The molecule has 0 saturated carbocycles. The molecular formula is C15H22ClNO3. The number of rotatable bonds is 5. The first kappa shape index (κ1) is 17.0. The van der Waals surface area contributed by atoms with Crippen molar-refractivity contribution in [2.45, 2.75) is 44.4 Å². The Labute approximate surface area is 124 Å². The Bertz CT molecular complexity index is 428.